The van der Waals surface area contributed by atoms with Crippen LogP contribution in [0.3, 0.4) is 0 Å². The van der Waals surface area contributed by atoms with E-state index in [0.29, 0.717) is 6.54 Å². The largest absolute Gasteiger partial charge is 0.342 e. The third kappa shape index (κ3) is 3.82. The molecule has 1 aliphatic heterocycles. The van der Waals surface area contributed by atoms with E-state index in [1.165, 1.54) is 17.7 Å². The van der Waals surface area contributed by atoms with Crippen molar-refractivity contribution >= 4 is 17.2 Å². The van der Waals surface area contributed by atoms with Gasteiger partial charge in [0.2, 0.25) is 5.91 Å². The first kappa shape index (κ1) is 13.6. The summed E-state index contributed by atoms with van der Waals surface area (Å²) in [6.45, 7) is 4.45. The van der Waals surface area contributed by atoms with Crippen molar-refractivity contribution in [3.63, 3.8) is 0 Å². The van der Waals surface area contributed by atoms with Crippen molar-refractivity contribution in [3.05, 3.63) is 22.4 Å². The van der Waals surface area contributed by atoms with Crippen LogP contribution in [0.4, 0.5) is 0 Å². The van der Waals surface area contributed by atoms with E-state index in [4.69, 9.17) is 0 Å². The van der Waals surface area contributed by atoms with Gasteiger partial charge in [-0.2, -0.15) is 0 Å². The quantitative estimate of drug-likeness (QED) is 0.909. The summed E-state index contributed by atoms with van der Waals surface area (Å²) in [7, 11) is 0. The molecule has 0 radical (unpaired) electrons. The van der Waals surface area contributed by atoms with Crippen molar-refractivity contribution in [2.75, 3.05) is 19.6 Å². The summed E-state index contributed by atoms with van der Waals surface area (Å²) in [5.41, 5.74) is 0. The molecule has 0 unspecified atom stereocenters. The van der Waals surface area contributed by atoms with Crippen molar-refractivity contribution in [2.24, 2.45) is 0 Å². The molecule has 1 aliphatic rings. The summed E-state index contributed by atoms with van der Waals surface area (Å²) in [6.07, 6.45) is 4.85. The standard InChI is InChI=1S/C14H22N2OS/c1-12(13-7-6-10-18-13)15-11-14(17)16-8-4-2-3-5-9-16/h6-7,10,12,15H,2-5,8-9,11H2,1H3/t12-/m1/s1. The van der Waals surface area contributed by atoms with Crippen LogP contribution in [0.15, 0.2) is 17.5 Å². The van der Waals surface area contributed by atoms with E-state index in [2.05, 4.69) is 29.8 Å². The number of thiophene rings is 1. The van der Waals surface area contributed by atoms with Crippen LogP contribution in [0.25, 0.3) is 0 Å². The molecule has 1 saturated heterocycles. The van der Waals surface area contributed by atoms with Crippen molar-refractivity contribution < 1.29 is 4.79 Å². The topological polar surface area (TPSA) is 32.3 Å². The highest BCUT2D eigenvalue weighted by atomic mass is 32.1. The van der Waals surface area contributed by atoms with E-state index < -0.39 is 0 Å². The Bertz CT molecular complexity index is 356. The van der Waals surface area contributed by atoms with E-state index in [-0.39, 0.29) is 11.9 Å². The first-order valence-electron chi connectivity index (χ1n) is 6.82. The van der Waals surface area contributed by atoms with E-state index >= 15 is 0 Å². The molecule has 1 aromatic rings. The fraction of sp³-hybridized carbons (Fsp3) is 0.643. The van der Waals surface area contributed by atoms with Crippen LogP contribution in [0, 0.1) is 0 Å². The van der Waals surface area contributed by atoms with E-state index in [0.717, 1.165) is 25.9 Å². The Hall–Kier alpha value is -0.870. The minimum absolute atomic E-state index is 0.250. The van der Waals surface area contributed by atoms with Crippen LogP contribution in [-0.2, 0) is 4.79 Å². The van der Waals surface area contributed by atoms with Crippen LogP contribution in [0.1, 0.15) is 43.5 Å². The lowest BCUT2D eigenvalue weighted by molar-refractivity contribution is -0.130. The predicted octanol–water partition coefficient (Wildman–Crippen LogP) is 2.80. The van der Waals surface area contributed by atoms with Crippen LogP contribution in [0.5, 0.6) is 0 Å². The van der Waals surface area contributed by atoms with E-state index in [1.807, 2.05) is 4.90 Å². The Balaban J connectivity index is 1.77. The van der Waals surface area contributed by atoms with Crippen molar-refractivity contribution in [1.29, 1.82) is 0 Å². The zero-order valence-corrected chi connectivity index (χ0v) is 11.8. The molecule has 0 saturated carbocycles. The fourth-order valence-electron chi connectivity index (χ4n) is 2.31. The van der Waals surface area contributed by atoms with Crippen LogP contribution in [0.2, 0.25) is 0 Å². The summed E-state index contributed by atoms with van der Waals surface area (Å²) >= 11 is 1.73. The molecule has 1 aromatic heterocycles. The van der Waals surface area contributed by atoms with Gasteiger partial charge in [0.05, 0.1) is 6.54 Å². The Morgan fingerprint density at radius 2 is 2.11 bits per heavy atom. The van der Waals surface area contributed by atoms with Crippen LogP contribution < -0.4 is 5.32 Å². The van der Waals surface area contributed by atoms with Gasteiger partial charge in [0.15, 0.2) is 0 Å². The van der Waals surface area contributed by atoms with E-state index in [1.54, 1.807) is 11.3 Å². The Kier molecular flexibility index (Phi) is 5.20. The molecule has 4 heteroatoms. The Morgan fingerprint density at radius 3 is 2.72 bits per heavy atom. The SMILES string of the molecule is C[C@@H](NCC(=O)N1CCCCCC1)c1cccs1. The Labute approximate surface area is 113 Å². The number of nitrogens with one attached hydrogen (secondary N) is 1. The van der Waals surface area contributed by atoms with Gasteiger partial charge in [-0.3, -0.25) is 4.79 Å². The highest BCUT2D eigenvalue weighted by Crippen LogP contribution is 2.18. The number of hydrogen-bond acceptors (Lipinski definition) is 3. The van der Waals surface area contributed by atoms with Gasteiger partial charge in [-0.25, -0.2) is 0 Å². The van der Waals surface area contributed by atoms with Gasteiger partial charge in [-0.05, 0) is 31.2 Å². The number of carbonyl (C=O) groups excluding carboxylic acids is 1. The molecule has 1 fully saturated rings. The maximum absolute atomic E-state index is 12.1. The summed E-state index contributed by atoms with van der Waals surface area (Å²) in [5, 5.41) is 5.40. The van der Waals surface area contributed by atoms with E-state index in [9.17, 15) is 4.79 Å². The molecule has 100 valence electrons. The van der Waals surface area contributed by atoms with Crippen LogP contribution in [-0.4, -0.2) is 30.4 Å². The van der Waals surface area contributed by atoms with Gasteiger partial charge >= 0.3 is 0 Å². The lowest BCUT2D eigenvalue weighted by Crippen LogP contribution is -2.39. The zero-order valence-electron chi connectivity index (χ0n) is 11.0. The second kappa shape index (κ2) is 6.90. The minimum Gasteiger partial charge on any atom is -0.342 e. The number of hydrogen-bond donors (Lipinski definition) is 1. The molecular formula is C14H22N2OS. The normalized spacial score (nSPS) is 18.4. The van der Waals surface area contributed by atoms with Gasteiger partial charge in [0, 0.05) is 24.0 Å². The Morgan fingerprint density at radius 1 is 1.39 bits per heavy atom. The molecule has 2 heterocycles. The molecule has 2 rings (SSSR count). The molecule has 1 atom stereocenters. The summed E-state index contributed by atoms with van der Waals surface area (Å²) in [5.74, 6) is 0.250. The zero-order chi connectivity index (χ0) is 12.8. The first-order chi connectivity index (χ1) is 8.77. The number of amides is 1. The summed E-state index contributed by atoms with van der Waals surface area (Å²) < 4.78 is 0. The number of nitrogens with zero attached hydrogens (tertiary/aromatic N) is 1. The molecular weight excluding hydrogens is 244 g/mol. The maximum Gasteiger partial charge on any atom is 0.236 e. The minimum atomic E-state index is 0.250. The summed E-state index contributed by atoms with van der Waals surface area (Å²) in [6, 6.07) is 4.43. The van der Waals surface area contributed by atoms with Crippen molar-refractivity contribution in [3.8, 4) is 0 Å². The van der Waals surface area contributed by atoms with Gasteiger partial charge in [0.25, 0.3) is 0 Å². The molecule has 18 heavy (non-hydrogen) atoms. The average molecular weight is 266 g/mol. The van der Waals surface area contributed by atoms with Crippen molar-refractivity contribution in [2.45, 2.75) is 38.6 Å². The molecule has 1 N–H and O–H groups in total. The number of rotatable bonds is 4. The average Bonchev–Trinajstić information content (AvgIpc) is 2.78. The third-order valence-electron chi connectivity index (χ3n) is 3.49. The molecule has 0 aromatic carbocycles. The highest BCUT2D eigenvalue weighted by molar-refractivity contribution is 7.10. The van der Waals surface area contributed by atoms with Gasteiger partial charge in [-0.15, -0.1) is 11.3 Å². The van der Waals surface area contributed by atoms with Gasteiger partial charge in [-0.1, -0.05) is 18.9 Å². The monoisotopic (exact) mass is 266 g/mol. The van der Waals surface area contributed by atoms with Crippen molar-refractivity contribution in [1.82, 2.24) is 10.2 Å². The lowest BCUT2D eigenvalue weighted by Gasteiger charge is -2.21. The first-order valence-corrected chi connectivity index (χ1v) is 7.70. The molecule has 0 aliphatic carbocycles. The second-order valence-electron chi connectivity index (χ2n) is 4.91. The summed E-state index contributed by atoms with van der Waals surface area (Å²) in [4.78, 5) is 15.4. The molecule has 1 amide bonds. The number of likely N-dealkylation sites (tertiary alicyclic amines) is 1. The lowest BCUT2D eigenvalue weighted by atomic mass is 10.2. The second-order valence-corrected chi connectivity index (χ2v) is 5.89. The smallest absolute Gasteiger partial charge is 0.236 e. The predicted molar refractivity (Wildman–Crippen MR) is 75.8 cm³/mol. The fourth-order valence-corrected chi connectivity index (χ4v) is 3.07. The van der Waals surface area contributed by atoms with Gasteiger partial charge in [0.1, 0.15) is 0 Å². The highest BCUT2D eigenvalue weighted by Gasteiger charge is 2.16. The third-order valence-corrected chi connectivity index (χ3v) is 4.54. The number of carbonyl (C=O) groups is 1. The molecule has 0 spiro atoms. The maximum atomic E-state index is 12.1. The van der Waals surface area contributed by atoms with Gasteiger partial charge < -0.3 is 10.2 Å². The molecule has 3 nitrogen and oxygen atoms in total. The molecule has 0 bridgehead atoms. The van der Waals surface area contributed by atoms with Crippen LogP contribution >= 0.6 is 11.3 Å².